The summed E-state index contributed by atoms with van der Waals surface area (Å²) >= 11 is 0. The Bertz CT molecular complexity index is 543. The van der Waals surface area contributed by atoms with E-state index in [4.69, 9.17) is 10.00 Å². The van der Waals surface area contributed by atoms with Gasteiger partial charge in [-0.3, -0.25) is 0 Å². The van der Waals surface area contributed by atoms with Crippen LogP contribution in [-0.4, -0.2) is 11.6 Å². The molecular weight excluding hydrogens is 200 g/mol. The molecule has 2 rings (SSSR count). The van der Waals surface area contributed by atoms with E-state index in [1.165, 1.54) is 0 Å². The second-order valence-corrected chi connectivity index (χ2v) is 3.54. The van der Waals surface area contributed by atoms with Crippen molar-refractivity contribution in [3.05, 3.63) is 36.0 Å². The van der Waals surface area contributed by atoms with Gasteiger partial charge in [0.25, 0.3) is 0 Å². The Balaban J connectivity index is 2.37. The van der Waals surface area contributed by atoms with Crippen molar-refractivity contribution in [3.8, 4) is 11.8 Å². The van der Waals surface area contributed by atoms with Gasteiger partial charge in [-0.1, -0.05) is 18.2 Å². The number of nitrogens with zero attached hydrogens (tertiary/aromatic N) is 2. The zero-order chi connectivity index (χ0) is 11.4. The fourth-order valence-corrected chi connectivity index (χ4v) is 1.54. The molecule has 0 fully saturated rings. The van der Waals surface area contributed by atoms with E-state index in [9.17, 15) is 0 Å². The van der Waals surface area contributed by atoms with Crippen molar-refractivity contribution in [2.45, 2.75) is 13.3 Å². The molecule has 3 heteroatoms. The molecule has 80 valence electrons. The molecule has 3 nitrogen and oxygen atoms in total. The molecule has 0 N–H and O–H groups in total. The molecule has 0 amide bonds. The van der Waals surface area contributed by atoms with Crippen molar-refractivity contribution < 1.29 is 4.74 Å². The third-order valence-corrected chi connectivity index (χ3v) is 2.29. The topological polar surface area (TPSA) is 45.9 Å². The lowest BCUT2D eigenvalue weighted by Gasteiger charge is -2.07. The molecule has 2 aromatic rings. The summed E-state index contributed by atoms with van der Waals surface area (Å²) in [5.41, 5.74) is 1.82. The number of rotatable bonds is 3. The molecule has 0 aliphatic carbocycles. The first-order chi connectivity index (χ1) is 7.81. The van der Waals surface area contributed by atoms with Gasteiger partial charge in [0.2, 0.25) is 0 Å². The van der Waals surface area contributed by atoms with Gasteiger partial charge in [0.15, 0.2) is 0 Å². The van der Waals surface area contributed by atoms with E-state index in [1.807, 2.05) is 37.3 Å². The van der Waals surface area contributed by atoms with Gasteiger partial charge in [-0.25, -0.2) is 4.98 Å². The number of benzene rings is 1. The highest BCUT2D eigenvalue weighted by atomic mass is 16.5. The quantitative estimate of drug-likeness (QED) is 0.735. The molecule has 0 atom stereocenters. The standard InChI is InChI=1S/C13H12N2O/c1-10-6-7-11-4-2-5-12(13(11)15-10)16-9-3-8-14/h2,4-7H,3,9H2,1H3. The highest BCUT2D eigenvalue weighted by Crippen LogP contribution is 2.23. The van der Waals surface area contributed by atoms with Crippen molar-refractivity contribution in [2.24, 2.45) is 0 Å². The number of aromatic nitrogens is 1. The van der Waals surface area contributed by atoms with Crippen molar-refractivity contribution in [1.29, 1.82) is 5.26 Å². The minimum atomic E-state index is 0.391. The molecule has 0 saturated carbocycles. The molecule has 0 aliphatic rings. The third-order valence-electron chi connectivity index (χ3n) is 2.29. The average molecular weight is 212 g/mol. The summed E-state index contributed by atoms with van der Waals surface area (Å²) in [6.07, 6.45) is 0.391. The maximum atomic E-state index is 8.46. The summed E-state index contributed by atoms with van der Waals surface area (Å²) in [4.78, 5) is 4.45. The van der Waals surface area contributed by atoms with E-state index in [0.29, 0.717) is 13.0 Å². The van der Waals surface area contributed by atoms with E-state index in [0.717, 1.165) is 22.3 Å². The van der Waals surface area contributed by atoms with E-state index < -0.39 is 0 Å². The number of pyridine rings is 1. The van der Waals surface area contributed by atoms with Crippen LogP contribution in [0.2, 0.25) is 0 Å². The maximum Gasteiger partial charge on any atom is 0.145 e. The van der Waals surface area contributed by atoms with Gasteiger partial charge in [0.05, 0.1) is 12.5 Å². The van der Waals surface area contributed by atoms with Crippen LogP contribution in [0.4, 0.5) is 0 Å². The molecule has 0 bridgehead atoms. The van der Waals surface area contributed by atoms with Crippen LogP contribution in [-0.2, 0) is 0 Å². The predicted octanol–water partition coefficient (Wildman–Crippen LogP) is 2.84. The summed E-state index contributed by atoms with van der Waals surface area (Å²) in [5, 5.41) is 9.51. The van der Waals surface area contributed by atoms with Crippen LogP contribution < -0.4 is 4.74 Å². The Labute approximate surface area is 94.3 Å². The Kier molecular flexibility index (Phi) is 3.02. The highest BCUT2D eigenvalue weighted by molar-refractivity contribution is 5.84. The number of hydrogen-bond donors (Lipinski definition) is 0. The van der Waals surface area contributed by atoms with Gasteiger partial charge in [-0.15, -0.1) is 0 Å². The molecule has 0 saturated heterocycles. The molecule has 1 aromatic heterocycles. The molecule has 1 heterocycles. The van der Waals surface area contributed by atoms with Gasteiger partial charge in [-0.2, -0.15) is 5.26 Å². The Morgan fingerprint density at radius 2 is 2.19 bits per heavy atom. The van der Waals surface area contributed by atoms with E-state index in [1.54, 1.807) is 0 Å². The largest absolute Gasteiger partial charge is 0.490 e. The molecule has 16 heavy (non-hydrogen) atoms. The van der Waals surface area contributed by atoms with Crippen LogP contribution in [0.25, 0.3) is 10.9 Å². The smallest absolute Gasteiger partial charge is 0.145 e. The first kappa shape index (κ1) is 10.4. The minimum absolute atomic E-state index is 0.391. The van der Waals surface area contributed by atoms with Crippen LogP contribution in [0.15, 0.2) is 30.3 Å². The van der Waals surface area contributed by atoms with Crippen LogP contribution in [0.1, 0.15) is 12.1 Å². The lowest BCUT2D eigenvalue weighted by molar-refractivity contribution is 0.330. The number of nitriles is 1. The SMILES string of the molecule is Cc1ccc2cccc(OCCC#N)c2n1. The second kappa shape index (κ2) is 4.63. The van der Waals surface area contributed by atoms with Gasteiger partial charge in [0.1, 0.15) is 17.9 Å². The normalized spacial score (nSPS) is 10.0. The van der Waals surface area contributed by atoms with Crippen molar-refractivity contribution in [2.75, 3.05) is 6.61 Å². The summed E-state index contributed by atoms with van der Waals surface area (Å²) in [5.74, 6) is 0.747. The molecule has 0 spiro atoms. The zero-order valence-electron chi connectivity index (χ0n) is 9.10. The third kappa shape index (κ3) is 2.12. The van der Waals surface area contributed by atoms with Crippen LogP contribution in [0.5, 0.6) is 5.75 Å². The Morgan fingerprint density at radius 3 is 3.00 bits per heavy atom. The molecule has 0 aliphatic heterocycles. The monoisotopic (exact) mass is 212 g/mol. The van der Waals surface area contributed by atoms with E-state index in [-0.39, 0.29) is 0 Å². The fraction of sp³-hybridized carbons (Fsp3) is 0.231. The maximum absolute atomic E-state index is 8.46. The molecule has 1 aromatic carbocycles. The summed E-state index contributed by atoms with van der Waals surface area (Å²) < 4.78 is 5.53. The highest BCUT2D eigenvalue weighted by Gasteiger charge is 2.03. The zero-order valence-corrected chi connectivity index (χ0v) is 9.10. The van der Waals surface area contributed by atoms with E-state index >= 15 is 0 Å². The average Bonchev–Trinajstić information content (AvgIpc) is 2.30. The van der Waals surface area contributed by atoms with Crippen molar-refractivity contribution in [1.82, 2.24) is 4.98 Å². The second-order valence-electron chi connectivity index (χ2n) is 3.54. The fourth-order valence-electron chi connectivity index (χ4n) is 1.54. The minimum Gasteiger partial charge on any atom is -0.490 e. The number of hydrogen-bond acceptors (Lipinski definition) is 3. The molecular formula is C13H12N2O. The van der Waals surface area contributed by atoms with Crippen LogP contribution >= 0.6 is 0 Å². The summed E-state index contributed by atoms with van der Waals surface area (Å²) in [6, 6.07) is 11.9. The van der Waals surface area contributed by atoms with Crippen LogP contribution in [0, 0.1) is 18.3 Å². The van der Waals surface area contributed by atoms with Gasteiger partial charge in [-0.05, 0) is 19.1 Å². The number of para-hydroxylation sites is 1. The lowest BCUT2D eigenvalue weighted by Crippen LogP contribution is -1.97. The molecule has 0 unspecified atom stereocenters. The number of aryl methyl sites for hydroxylation is 1. The van der Waals surface area contributed by atoms with Crippen molar-refractivity contribution >= 4 is 10.9 Å². The Hall–Kier alpha value is -2.08. The first-order valence-electron chi connectivity index (χ1n) is 5.17. The van der Waals surface area contributed by atoms with Gasteiger partial charge < -0.3 is 4.74 Å². The Morgan fingerprint density at radius 1 is 1.31 bits per heavy atom. The van der Waals surface area contributed by atoms with Crippen LogP contribution in [0.3, 0.4) is 0 Å². The van der Waals surface area contributed by atoms with Crippen molar-refractivity contribution in [3.63, 3.8) is 0 Å². The lowest BCUT2D eigenvalue weighted by atomic mass is 10.2. The summed E-state index contributed by atoms with van der Waals surface area (Å²) in [7, 11) is 0. The number of ether oxygens (including phenoxy) is 1. The van der Waals surface area contributed by atoms with E-state index in [2.05, 4.69) is 11.1 Å². The van der Waals surface area contributed by atoms with Gasteiger partial charge in [0, 0.05) is 11.1 Å². The molecule has 0 radical (unpaired) electrons. The first-order valence-corrected chi connectivity index (χ1v) is 5.17. The predicted molar refractivity (Wildman–Crippen MR) is 62.2 cm³/mol. The number of fused-ring (bicyclic) bond motifs is 1. The van der Waals surface area contributed by atoms with Gasteiger partial charge >= 0.3 is 0 Å². The summed E-state index contributed by atoms with van der Waals surface area (Å²) in [6.45, 7) is 2.36.